The Labute approximate surface area is 125 Å². The predicted octanol–water partition coefficient (Wildman–Crippen LogP) is 2.96. The molecular formula is C10H16BrClN2O2S2. The Morgan fingerprint density at radius 1 is 1.61 bits per heavy atom. The molecule has 18 heavy (non-hydrogen) atoms. The van der Waals surface area contributed by atoms with Crippen molar-refractivity contribution >= 4 is 48.9 Å². The van der Waals surface area contributed by atoms with Gasteiger partial charge in [-0.05, 0) is 28.4 Å². The molecule has 0 aromatic carbocycles. The van der Waals surface area contributed by atoms with Crippen LogP contribution in [-0.2, 0) is 10.0 Å². The van der Waals surface area contributed by atoms with Crippen LogP contribution in [0.3, 0.4) is 0 Å². The van der Waals surface area contributed by atoms with Crippen molar-refractivity contribution in [1.29, 1.82) is 0 Å². The van der Waals surface area contributed by atoms with Crippen LogP contribution in [0.25, 0.3) is 0 Å². The number of halogens is 2. The summed E-state index contributed by atoms with van der Waals surface area (Å²) in [5, 5.41) is 0.401. The van der Waals surface area contributed by atoms with Crippen LogP contribution in [0.5, 0.6) is 0 Å². The smallest absolute Gasteiger partial charge is 0.250 e. The zero-order chi connectivity index (χ0) is 13.8. The van der Waals surface area contributed by atoms with E-state index in [1.54, 1.807) is 0 Å². The van der Waals surface area contributed by atoms with Gasteiger partial charge in [-0.15, -0.1) is 11.3 Å². The second-order valence-corrected chi connectivity index (χ2v) is 8.60. The summed E-state index contributed by atoms with van der Waals surface area (Å²) in [5.74, 6) is 0. The van der Waals surface area contributed by atoms with Gasteiger partial charge in [-0.3, -0.25) is 0 Å². The van der Waals surface area contributed by atoms with Crippen LogP contribution in [0.2, 0.25) is 5.02 Å². The third-order valence-corrected chi connectivity index (χ3v) is 6.87. The van der Waals surface area contributed by atoms with Gasteiger partial charge >= 0.3 is 0 Å². The highest BCUT2D eigenvalue weighted by Crippen LogP contribution is 2.34. The Kier molecular flexibility index (Phi) is 6.57. The minimum atomic E-state index is -3.53. The van der Waals surface area contributed by atoms with E-state index in [9.17, 15) is 8.42 Å². The molecule has 8 heteroatoms. The second kappa shape index (κ2) is 7.21. The van der Waals surface area contributed by atoms with E-state index in [0.717, 1.165) is 30.6 Å². The fourth-order valence-corrected chi connectivity index (χ4v) is 5.11. The molecule has 0 fully saturated rings. The van der Waals surface area contributed by atoms with Crippen LogP contribution in [0.4, 0.5) is 0 Å². The van der Waals surface area contributed by atoms with E-state index in [4.69, 9.17) is 17.3 Å². The van der Waals surface area contributed by atoms with E-state index in [-0.39, 0.29) is 10.3 Å². The fraction of sp³-hybridized carbons (Fsp3) is 0.600. The zero-order valence-corrected chi connectivity index (χ0v) is 13.9. The Morgan fingerprint density at radius 3 is 2.72 bits per heavy atom. The van der Waals surface area contributed by atoms with Crippen molar-refractivity contribution in [2.75, 3.05) is 6.54 Å². The van der Waals surface area contributed by atoms with Crippen LogP contribution in [-0.4, -0.2) is 21.0 Å². The summed E-state index contributed by atoms with van der Waals surface area (Å²) in [7, 11) is -3.53. The number of nitrogens with two attached hydrogens (primary N) is 1. The van der Waals surface area contributed by atoms with Gasteiger partial charge in [-0.2, -0.15) is 0 Å². The van der Waals surface area contributed by atoms with Crippen molar-refractivity contribution in [2.45, 2.75) is 36.4 Å². The van der Waals surface area contributed by atoms with Gasteiger partial charge in [0.1, 0.15) is 4.21 Å². The van der Waals surface area contributed by atoms with E-state index in [2.05, 4.69) is 27.6 Å². The van der Waals surface area contributed by atoms with E-state index in [1.807, 2.05) is 0 Å². The number of hydrogen-bond donors (Lipinski definition) is 2. The molecule has 0 saturated heterocycles. The van der Waals surface area contributed by atoms with Gasteiger partial charge in [0.15, 0.2) is 0 Å². The average Bonchev–Trinajstić information content (AvgIpc) is 2.66. The van der Waals surface area contributed by atoms with Crippen molar-refractivity contribution in [3.05, 3.63) is 14.9 Å². The molecule has 0 aliphatic rings. The lowest BCUT2D eigenvalue weighted by molar-refractivity contribution is 0.517. The number of unbranched alkanes of at least 4 members (excludes halogenated alkanes) is 1. The van der Waals surface area contributed by atoms with Crippen molar-refractivity contribution in [3.63, 3.8) is 0 Å². The summed E-state index contributed by atoms with van der Waals surface area (Å²) in [6.07, 6.45) is 2.69. The van der Waals surface area contributed by atoms with Gasteiger partial charge in [0.05, 0.1) is 8.81 Å². The first kappa shape index (κ1) is 16.4. The van der Waals surface area contributed by atoms with Gasteiger partial charge in [0, 0.05) is 12.6 Å². The summed E-state index contributed by atoms with van der Waals surface area (Å²) >= 11 is 10.1. The molecule has 0 saturated carbocycles. The highest BCUT2D eigenvalue weighted by molar-refractivity contribution is 9.11. The maximum absolute atomic E-state index is 12.1. The van der Waals surface area contributed by atoms with E-state index in [0.29, 0.717) is 15.4 Å². The Hall–Kier alpha value is 0.340. The first-order chi connectivity index (χ1) is 8.40. The summed E-state index contributed by atoms with van der Waals surface area (Å²) in [6.45, 7) is 2.34. The molecule has 104 valence electrons. The molecule has 1 atom stereocenters. The van der Waals surface area contributed by atoms with E-state index in [1.165, 1.54) is 6.07 Å². The second-order valence-electron chi connectivity index (χ2n) is 3.88. The van der Waals surface area contributed by atoms with Crippen LogP contribution in [0, 0.1) is 0 Å². The number of rotatable bonds is 7. The Balaban J connectivity index is 2.80. The minimum Gasteiger partial charge on any atom is -0.329 e. The monoisotopic (exact) mass is 374 g/mol. The highest BCUT2D eigenvalue weighted by Gasteiger charge is 2.22. The molecule has 1 rings (SSSR count). The molecule has 0 spiro atoms. The lowest BCUT2D eigenvalue weighted by Gasteiger charge is -2.15. The number of sulfonamides is 1. The van der Waals surface area contributed by atoms with Gasteiger partial charge in [-0.1, -0.05) is 31.4 Å². The molecule has 1 aromatic heterocycles. The summed E-state index contributed by atoms with van der Waals surface area (Å²) in [4.78, 5) is 0. The normalized spacial score (nSPS) is 13.8. The summed E-state index contributed by atoms with van der Waals surface area (Å²) in [6, 6.07) is 1.21. The molecule has 0 aliphatic heterocycles. The fourth-order valence-electron chi connectivity index (χ4n) is 1.41. The van der Waals surface area contributed by atoms with Crippen molar-refractivity contribution in [1.82, 2.24) is 4.72 Å². The molecule has 0 radical (unpaired) electrons. The average molecular weight is 376 g/mol. The van der Waals surface area contributed by atoms with Crippen molar-refractivity contribution in [3.8, 4) is 0 Å². The Bertz CT molecular complexity index is 471. The molecule has 0 aliphatic carbocycles. The zero-order valence-electron chi connectivity index (χ0n) is 9.95. The van der Waals surface area contributed by atoms with Crippen LogP contribution >= 0.6 is 38.9 Å². The molecule has 3 N–H and O–H groups in total. The highest BCUT2D eigenvalue weighted by atomic mass is 79.9. The number of nitrogens with one attached hydrogen (secondary N) is 1. The van der Waals surface area contributed by atoms with Crippen LogP contribution in [0.1, 0.15) is 26.2 Å². The van der Waals surface area contributed by atoms with Crippen molar-refractivity contribution in [2.24, 2.45) is 5.73 Å². The van der Waals surface area contributed by atoms with Gasteiger partial charge in [0.25, 0.3) is 0 Å². The lowest BCUT2D eigenvalue weighted by Crippen LogP contribution is -2.39. The largest absolute Gasteiger partial charge is 0.329 e. The van der Waals surface area contributed by atoms with Crippen LogP contribution < -0.4 is 10.5 Å². The maximum atomic E-state index is 12.1. The quantitative estimate of drug-likeness (QED) is 0.769. The third-order valence-electron chi connectivity index (χ3n) is 2.40. The molecule has 1 heterocycles. The number of thiophene rings is 1. The maximum Gasteiger partial charge on any atom is 0.250 e. The third kappa shape index (κ3) is 4.47. The summed E-state index contributed by atoms with van der Waals surface area (Å²) in [5.41, 5.74) is 5.58. The van der Waals surface area contributed by atoms with E-state index < -0.39 is 10.0 Å². The molecular weight excluding hydrogens is 360 g/mol. The SMILES string of the molecule is CCCCC(CN)NS(=O)(=O)c1cc(Cl)c(Br)s1. The first-order valence-electron chi connectivity index (χ1n) is 5.58. The number of hydrogen-bond acceptors (Lipinski definition) is 4. The van der Waals surface area contributed by atoms with Gasteiger partial charge in [-0.25, -0.2) is 13.1 Å². The van der Waals surface area contributed by atoms with Gasteiger partial charge in [0.2, 0.25) is 10.0 Å². The van der Waals surface area contributed by atoms with Crippen molar-refractivity contribution < 1.29 is 8.42 Å². The molecule has 0 bridgehead atoms. The molecule has 4 nitrogen and oxygen atoms in total. The predicted molar refractivity (Wildman–Crippen MR) is 79.7 cm³/mol. The molecule has 0 amide bonds. The van der Waals surface area contributed by atoms with Gasteiger partial charge < -0.3 is 5.73 Å². The van der Waals surface area contributed by atoms with E-state index >= 15 is 0 Å². The molecule has 1 unspecified atom stereocenters. The van der Waals surface area contributed by atoms with Crippen LogP contribution in [0.15, 0.2) is 14.1 Å². The standard InChI is InChI=1S/C10H16BrClN2O2S2/c1-2-3-4-7(6-13)14-18(15,16)9-5-8(12)10(11)17-9/h5,7,14H,2-4,6,13H2,1H3. The summed E-state index contributed by atoms with van der Waals surface area (Å²) < 4.78 is 27.6. The topological polar surface area (TPSA) is 72.2 Å². The first-order valence-corrected chi connectivity index (χ1v) is 9.05. The Morgan fingerprint density at radius 2 is 2.28 bits per heavy atom. The lowest BCUT2D eigenvalue weighted by atomic mass is 10.1. The minimum absolute atomic E-state index is 0.203. The molecule has 1 aromatic rings.